The van der Waals surface area contributed by atoms with E-state index in [-0.39, 0.29) is 106 Å². The van der Waals surface area contributed by atoms with Crippen LogP contribution in [0.15, 0.2) is 0 Å². The third-order valence-electron chi connectivity index (χ3n) is 0. The summed E-state index contributed by atoms with van der Waals surface area (Å²) in [5.74, 6) is 0. The van der Waals surface area contributed by atoms with E-state index in [0.29, 0.717) is 0 Å². The molecule has 0 rings (SSSR count). The number of halogens is 2. The molecule has 0 saturated heterocycles. The van der Waals surface area contributed by atoms with Crippen LogP contribution >= 0.6 is 0 Å². The van der Waals surface area contributed by atoms with E-state index in [9.17, 15) is 0 Å². The van der Waals surface area contributed by atoms with Crippen LogP contribution in [0.4, 0.5) is 9.41 Å². The Hall–Kier alpha value is 2.82. The summed E-state index contributed by atoms with van der Waals surface area (Å²) in [5.41, 5.74) is 0. The maximum Gasteiger partial charge on any atom is 2.00 e. The Morgan fingerprint density at radius 2 is 0.750 bits per heavy atom. The van der Waals surface area contributed by atoms with E-state index in [4.69, 9.17) is 0 Å². The monoisotopic (exact) mass is 220 g/mol. The summed E-state index contributed by atoms with van der Waals surface area (Å²) in [4.78, 5) is 0. The predicted octanol–water partition coefficient (Wildman–Crippen LogP) is -0.00660. The number of rotatable bonds is 0. The van der Waals surface area contributed by atoms with Crippen LogP contribution in [0.3, 0.4) is 0 Å². The molecule has 0 atom stereocenters. The van der Waals surface area contributed by atoms with Crippen LogP contribution in [-0.4, -0.2) is 91.0 Å². The van der Waals surface area contributed by atoms with Crippen molar-refractivity contribution in [3.05, 3.63) is 0 Å². The van der Waals surface area contributed by atoms with Crippen LogP contribution < -0.4 is 0 Å². The van der Waals surface area contributed by atoms with Crippen LogP contribution in [-0.2, 0) is 0 Å². The Morgan fingerprint density at radius 1 is 0.750 bits per heavy atom. The first-order valence-electron chi connectivity index (χ1n) is 0. The SMILES string of the molecule is F.F.[H-].[H-].[H-].[H-].[Sr+2].[Sr+2]. The number of hydrogen-bond donors (Lipinski definition) is 0. The second kappa shape index (κ2) is 17.0. The van der Waals surface area contributed by atoms with Gasteiger partial charge in [0.1, 0.15) is 0 Å². The third kappa shape index (κ3) is 8.84. The quantitative estimate of drug-likeness (QED) is 0.503. The normalized spacial score (nSPS) is 0. The van der Waals surface area contributed by atoms with Crippen molar-refractivity contribution in [3.63, 3.8) is 0 Å². The van der Waals surface area contributed by atoms with Crippen molar-refractivity contribution in [2.24, 2.45) is 0 Å². The van der Waals surface area contributed by atoms with Gasteiger partial charge in [-0.15, -0.1) is 0 Å². The van der Waals surface area contributed by atoms with Crippen LogP contribution in [0.25, 0.3) is 0 Å². The van der Waals surface area contributed by atoms with Gasteiger partial charge in [0.15, 0.2) is 0 Å². The van der Waals surface area contributed by atoms with Gasteiger partial charge in [-0.05, 0) is 0 Å². The molecule has 0 bridgehead atoms. The molecular weight excluding hydrogens is 213 g/mol. The zero-order valence-electron chi connectivity index (χ0n) is 6.23. The summed E-state index contributed by atoms with van der Waals surface area (Å²) >= 11 is 0. The van der Waals surface area contributed by atoms with Gasteiger partial charge < -0.3 is 5.71 Å². The molecule has 24 valence electrons. The van der Waals surface area contributed by atoms with Gasteiger partial charge in [0.25, 0.3) is 0 Å². The topological polar surface area (TPSA) is 0 Å². The molecule has 0 saturated carbocycles. The summed E-state index contributed by atoms with van der Waals surface area (Å²) < 4.78 is 0. The Balaban J connectivity index is 0. The number of hydrogen-bond acceptors (Lipinski definition) is 0. The summed E-state index contributed by atoms with van der Waals surface area (Å²) in [6.45, 7) is 0. The molecule has 0 radical (unpaired) electrons. The van der Waals surface area contributed by atoms with Crippen molar-refractivity contribution in [3.8, 4) is 0 Å². The molecule has 0 aromatic rings. The molecular formula is H6F2Sr2. The average Bonchev–Trinajstić information content (AvgIpc) is 0. The molecule has 0 spiro atoms. The zero-order chi connectivity index (χ0) is 0. The van der Waals surface area contributed by atoms with Gasteiger partial charge in [0, 0.05) is 0 Å². The zero-order valence-corrected chi connectivity index (χ0v) is 9.18. The van der Waals surface area contributed by atoms with Crippen molar-refractivity contribution in [1.29, 1.82) is 0 Å². The van der Waals surface area contributed by atoms with E-state index in [1.807, 2.05) is 0 Å². The molecule has 0 aromatic heterocycles. The van der Waals surface area contributed by atoms with Gasteiger partial charge in [-0.2, -0.15) is 0 Å². The van der Waals surface area contributed by atoms with Gasteiger partial charge in [0.2, 0.25) is 0 Å². The molecule has 0 aromatic carbocycles. The molecule has 0 aliphatic rings. The van der Waals surface area contributed by atoms with Crippen LogP contribution in [0.2, 0.25) is 0 Å². The Bertz CT molecular complexity index is 12.0. The van der Waals surface area contributed by atoms with Gasteiger partial charge in [-0.25, -0.2) is 0 Å². The summed E-state index contributed by atoms with van der Waals surface area (Å²) in [7, 11) is 0. The molecule has 0 aliphatic heterocycles. The molecule has 0 fully saturated rings. The average molecular weight is 219 g/mol. The summed E-state index contributed by atoms with van der Waals surface area (Å²) in [5, 5.41) is 0. The van der Waals surface area contributed by atoms with Crippen molar-refractivity contribution < 1.29 is 15.1 Å². The van der Waals surface area contributed by atoms with Gasteiger partial charge in [-0.3, -0.25) is 9.41 Å². The molecule has 0 amide bonds. The molecule has 0 N–H and O–H groups in total. The third-order valence-corrected chi connectivity index (χ3v) is 0. The Kier molecular flexibility index (Phi) is 123. The molecule has 0 heterocycles. The van der Waals surface area contributed by atoms with Crippen molar-refractivity contribution in [1.82, 2.24) is 0 Å². The van der Waals surface area contributed by atoms with E-state index < -0.39 is 0 Å². The molecule has 4 heavy (non-hydrogen) atoms. The first-order valence-corrected chi connectivity index (χ1v) is 0. The van der Waals surface area contributed by atoms with Crippen LogP contribution in [0, 0.1) is 0 Å². The molecule has 0 aliphatic carbocycles. The first kappa shape index (κ1) is 29.0. The standard InChI is InChI=1S/2FH.2Sr.4H/h2*1H;;;;;;/q;;2*+2;4*-1. The van der Waals surface area contributed by atoms with Crippen molar-refractivity contribution in [2.75, 3.05) is 0 Å². The smallest absolute Gasteiger partial charge is 1.00 e. The van der Waals surface area contributed by atoms with E-state index in [1.165, 1.54) is 0 Å². The van der Waals surface area contributed by atoms with Gasteiger partial charge in [0.05, 0.1) is 0 Å². The maximum absolute atomic E-state index is 0. The summed E-state index contributed by atoms with van der Waals surface area (Å²) in [6, 6.07) is 0. The van der Waals surface area contributed by atoms with E-state index in [0.717, 1.165) is 0 Å². The van der Waals surface area contributed by atoms with Crippen LogP contribution in [0.5, 0.6) is 0 Å². The fourth-order valence-electron chi connectivity index (χ4n) is 0. The van der Waals surface area contributed by atoms with Gasteiger partial charge >= 0.3 is 91.0 Å². The second-order valence-electron chi connectivity index (χ2n) is 0. The predicted molar refractivity (Wildman–Crippen MR) is 21.0 cm³/mol. The van der Waals surface area contributed by atoms with Crippen molar-refractivity contribution in [2.45, 2.75) is 0 Å². The van der Waals surface area contributed by atoms with Gasteiger partial charge in [-0.1, -0.05) is 0 Å². The second-order valence-corrected chi connectivity index (χ2v) is 0. The first-order chi connectivity index (χ1) is 0. The van der Waals surface area contributed by atoms with Crippen LogP contribution in [0.1, 0.15) is 5.71 Å². The van der Waals surface area contributed by atoms with E-state index in [2.05, 4.69) is 0 Å². The Labute approximate surface area is 104 Å². The fourth-order valence-corrected chi connectivity index (χ4v) is 0. The minimum Gasteiger partial charge on any atom is -1.00 e. The maximum atomic E-state index is 0. The largest absolute Gasteiger partial charge is 2.00 e. The summed E-state index contributed by atoms with van der Waals surface area (Å²) in [6.07, 6.45) is 0. The van der Waals surface area contributed by atoms with Crippen molar-refractivity contribution >= 4 is 91.0 Å². The van der Waals surface area contributed by atoms with E-state index >= 15 is 0 Å². The molecule has 0 nitrogen and oxygen atoms in total. The molecule has 4 heteroatoms. The fraction of sp³-hybridized carbons (Fsp3) is 0. The molecule has 0 unspecified atom stereocenters. The van der Waals surface area contributed by atoms with E-state index in [1.54, 1.807) is 0 Å². The Morgan fingerprint density at radius 3 is 0.750 bits per heavy atom. The minimum absolute atomic E-state index is 0. The minimum atomic E-state index is 0.